The van der Waals surface area contributed by atoms with Gasteiger partial charge in [-0.05, 0) is 31.9 Å². The van der Waals surface area contributed by atoms with E-state index in [4.69, 9.17) is 4.42 Å². The Morgan fingerprint density at radius 2 is 2.35 bits per heavy atom. The van der Waals surface area contributed by atoms with E-state index in [1.165, 1.54) is 0 Å². The van der Waals surface area contributed by atoms with Crippen LogP contribution in [0, 0.1) is 6.92 Å². The largest absolute Gasteiger partial charge is 0.464 e. The van der Waals surface area contributed by atoms with Crippen LogP contribution < -0.4 is 0 Å². The Morgan fingerprint density at radius 3 is 3.00 bits per heavy atom. The van der Waals surface area contributed by atoms with E-state index in [0.717, 1.165) is 30.8 Å². The fourth-order valence-electron chi connectivity index (χ4n) is 2.38. The van der Waals surface area contributed by atoms with Crippen molar-refractivity contribution in [3.05, 3.63) is 36.3 Å². The fraction of sp³-hybridized carbons (Fsp3) is 0.500. The SMILES string of the molecule is C=CCN1C(=O)CCCCC1c1ccc(C)o1. The lowest BCUT2D eigenvalue weighted by molar-refractivity contribution is -0.132. The van der Waals surface area contributed by atoms with Crippen molar-refractivity contribution in [2.75, 3.05) is 6.54 Å². The van der Waals surface area contributed by atoms with Crippen LogP contribution in [0.1, 0.15) is 43.2 Å². The number of hydrogen-bond donors (Lipinski definition) is 0. The summed E-state index contributed by atoms with van der Waals surface area (Å²) in [6.07, 6.45) is 5.45. The fourth-order valence-corrected chi connectivity index (χ4v) is 2.38. The highest BCUT2D eigenvalue weighted by Gasteiger charge is 2.28. The van der Waals surface area contributed by atoms with Crippen LogP contribution in [0.25, 0.3) is 0 Å². The molecule has 1 atom stereocenters. The number of nitrogens with zero attached hydrogens (tertiary/aromatic N) is 1. The van der Waals surface area contributed by atoms with Crippen molar-refractivity contribution >= 4 is 5.91 Å². The summed E-state index contributed by atoms with van der Waals surface area (Å²) in [6.45, 7) is 6.26. The molecule has 3 heteroatoms. The van der Waals surface area contributed by atoms with Gasteiger partial charge >= 0.3 is 0 Å². The van der Waals surface area contributed by atoms with Crippen LogP contribution in [0.3, 0.4) is 0 Å². The second kappa shape index (κ2) is 5.21. The zero-order chi connectivity index (χ0) is 12.3. The topological polar surface area (TPSA) is 33.5 Å². The van der Waals surface area contributed by atoms with Crippen molar-refractivity contribution in [1.82, 2.24) is 4.90 Å². The molecule has 0 radical (unpaired) electrons. The molecule has 0 spiro atoms. The molecule has 0 bridgehead atoms. The number of rotatable bonds is 3. The molecular weight excluding hydrogens is 214 g/mol. The lowest BCUT2D eigenvalue weighted by atomic mass is 10.1. The molecule has 1 amide bonds. The lowest BCUT2D eigenvalue weighted by Crippen LogP contribution is -2.33. The molecule has 1 aliphatic heterocycles. The standard InChI is InChI=1S/C14H19NO2/c1-3-10-15-12(6-4-5-7-14(15)16)13-9-8-11(2)17-13/h3,8-9,12H,1,4-7,10H2,2H3. The number of carbonyl (C=O) groups is 1. The van der Waals surface area contributed by atoms with Gasteiger partial charge in [0, 0.05) is 13.0 Å². The summed E-state index contributed by atoms with van der Waals surface area (Å²) in [4.78, 5) is 13.9. The molecule has 17 heavy (non-hydrogen) atoms. The predicted molar refractivity (Wildman–Crippen MR) is 66.6 cm³/mol. The van der Waals surface area contributed by atoms with E-state index in [0.29, 0.717) is 13.0 Å². The van der Waals surface area contributed by atoms with Gasteiger partial charge < -0.3 is 9.32 Å². The molecule has 2 rings (SSSR count). The molecule has 1 aliphatic rings. The summed E-state index contributed by atoms with van der Waals surface area (Å²) >= 11 is 0. The minimum absolute atomic E-state index is 0.0803. The van der Waals surface area contributed by atoms with E-state index < -0.39 is 0 Å². The normalized spacial score (nSPS) is 21.4. The number of carbonyl (C=O) groups excluding carboxylic acids is 1. The first kappa shape index (κ1) is 12.0. The summed E-state index contributed by atoms with van der Waals surface area (Å²) < 4.78 is 5.68. The Labute approximate surface area is 102 Å². The van der Waals surface area contributed by atoms with Gasteiger partial charge in [0.1, 0.15) is 11.5 Å². The van der Waals surface area contributed by atoms with Crippen molar-refractivity contribution < 1.29 is 9.21 Å². The lowest BCUT2D eigenvalue weighted by Gasteiger charge is -2.27. The Kier molecular flexibility index (Phi) is 3.67. The summed E-state index contributed by atoms with van der Waals surface area (Å²) in [5.74, 6) is 2.01. The third-order valence-electron chi connectivity index (χ3n) is 3.23. The zero-order valence-corrected chi connectivity index (χ0v) is 10.3. The molecule has 0 N–H and O–H groups in total. The Bertz CT molecular complexity index is 408. The first-order chi connectivity index (χ1) is 8.22. The average Bonchev–Trinajstić information content (AvgIpc) is 2.65. The minimum atomic E-state index is 0.0803. The molecular formula is C14H19NO2. The second-order valence-corrected chi connectivity index (χ2v) is 4.54. The summed E-state index contributed by atoms with van der Waals surface area (Å²) in [5, 5.41) is 0. The Hall–Kier alpha value is -1.51. The Balaban J connectivity index is 2.26. The van der Waals surface area contributed by atoms with E-state index in [1.54, 1.807) is 6.08 Å². The molecule has 1 aromatic rings. The first-order valence-electron chi connectivity index (χ1n) is 6.19. The van der Waals surface area contributed by atoms with Crippen LogP contribution in [0.2, 0.25) is 0 Å². The van der Waals surface area contributed by atoms with Crippen molar-refractivity contribution in [2.45, 2.75) is 38.6 Å². The zero-order valence-electron chi connectivity index (χ0n) is 10.3. The average molecular weight is 233 g/mol. The second-order valence-electron chi connectivity index (χ2n) is 4.54. The molecule has 0 aliphatic carbocycles. The molecule has 2 heterocycles. The van der Waals surface area contributed by atoms with Crippen molar-refractivity contribution in [3.8, 4) is 0 Å². The van der Waals surface area contributed by atoms with E-state index in [9.17, 15) is 4.79 Å². The summed E-state index contributed by atoms with van der Waals surface area (Å²) in [6, 6.07) is 4.02. The third kappa shape index (κ3) is 2.60. The van der Waals surface area contributed by atoms with Crippen LogP contribution in [0.4, 0.5) is 0 Å². The molecule has 1 aromatic heterocycles. The van der Waals surface area contributed by atoms with Gasteiger partial charge in [0.05, 0.1) is 6.04 Å². The number of likely N-dealkylation sites (tertiary alicyclic amines) is 1. The van der Waals surface area contributed by atoms with Gasteiger partial charge in [-0.3, -0.25) is 4.79 Å². The molecule has 1 unspecified atom stereocenters. The van der Waals surface area contributed by atoms with Gasteiger partial charge in [0.25, 0.3) is 0 Å². The van der Waals surface area contributed by atoms with Crippen LogP contribution >= 0.6 is 0 Å². The molecule has 1 fully saturated rings. The van der Waals surface area contributed by atoms with E-state index in [-0.39, 0.29) is 11.9 Å². The maximum absolute atomic E-state index is 12.0. The summed E-state index contributed by atoms with van der Waals surface area (Å²) in [5.41, 5.74) is 0. The predicted octanol–water partition coefficient (Wildman–Crippen LogP) is 3.22. The maximum atomic E-state index is 12.0. The van der Waals surface area contributed by atoms with E-state index >= 15 is 0 Å². The first-order valence-corrected chi connectivity index (χ1v) is 6.19. The van der Waals surface area contributed by atoms with Crippen LogP contribution in [-0.2, 0) is 4.79 Å². The third-order valence-corrected chi connectivity index (χ3v) is 3.23. The van der Waals surface area contributed by atoms with Gasteiger partial charge in [0.2, 0.25) is 5.91 Å². The summed E-state index contributed by atoms with van der Waals surface area (Å²) in [7, 11) is 0. The number of aryl methyl sites for hydroxylation is 1. The Morgan fingerprint density at radius 1 is 1.53 bits per heavy atom. The molecule has 3 nitrogen and oxygen atoms in total. The van der Waals surface area contributed by atoms with Crippen molar-refractivity contribution in [2.24, 2.45) is 0 Å². The van der Waals surface area contributed by atoms with E-state index in [1.807, 2.05) is 24.0 Å². The maximum Gasteiger partial charge on any atom is 0.223 e. The van der Waals surface area contributed by atoms with Gasteiger partial charge in [-0.25, -0.2) is 0 Å². The number of amides is 1. The van der Waals surface area contributed by atoms with Gasteiger partial charge in [0.15, 0.2) is 0 Å². The molecule has 0 saturated carbocycles. The highest BCUT2D eigenvalue weighted by atomic mass is 16.3. The monoisotopic (exact) mass is 233 g/mol. The minimum Gasteiger partial charge on any atom is -0.464 e. The van der Waals surface area contributed by atoms with Crippen molar-refractivity contribution in [3.63, 3.8) is 0 Å². The van der Waals surface area contributed by atoms with Crippen LogP contribution in [0.15, 0.2) is 29.2 Å². The molecule has 0 aromatic carbocycles. The highest BCUT2D eigenvalue weighted by Crippen LogP contribution is 2.31. The molecule has 92 valence electrons. The van der Waals surface area contributed by atoms with Gasteiger partial charge in [-0.1, -0.05) is 12.5 Å². The van der Waals surface area contributed by atoms with Crippen molar-refractivity contribution in [1.29, 1.82) is 0 Å². The highest BCUT2D eigenvalue weighted by molar-refractivity contribution is 5.77. The van der Waals surface area contributed by atoms with Gasteiger partial charge in [-0.15, -0.1) is 6.58 Å². The number of furan rings is 1. The smallest absolute Gasteiger partial charge is 0.223 e. The van der Waals surface area contributed by atoms with Gasteiger partial charge in [-0.2, -0.15) is 0 Å². The number of hydrogen-bond acceptors (Lipinski definition) is 2. The molecule has 1 saturated heterocycles. The quantitative estimate of drug-likeness (QED) is 0.751. The van der Waals surface area contributed by atoms with Crippen LogP contribution in [0.5, 0.6) is 0 Å². The van der Waals surface area contributed by atoms with E-state index in [2.05, 4.69) is 6.58 Å². The van der Waals surface area contributed by atoms with Crippen LogP contribution in [-0.4, -0.2) is 17.4 Å².